The van der Waals surface area contributed by atoms with Crippen LogP contribution >= 0.6 is 0 Å². The summed E-state index contributed by atoms with van der Waals surface area (Å²) in [6.45, 7) is 5.08. The molecule has 0 aliphatic carbocycles. The number of benzene rings is 3. The molecule has 0 atom stereocenters. The summed E-state index contributed by atoms with van der Waals surface area (Å²) >= 11 is 0. The van der Waals surface area contributed by atoms with Crippen LogP contribution in [0.3, 0.4) is 0 Å². The third kappa shape index (κ3) is 5.93. The van der Waals surface area contributed by atoms with Crippen molar-refractivity contribution < 1.29 is 27.5 Å². The van der Waals surface area contributed by atoms with Crippen LogP contribution in [0.15, 0.2) is 65.6 Å². The van der Waals surface area contributed by atoms with Crippen molar-refractivity contribution in [3.05, 3.63) is 82.9 Å². The van der Waals surface area contributed by atoms with E-state index in [9.17, 15) is 18.0 Å². The van der Waals surface area contributed by atoms with Gasteiger partial charge in [-0.2, -0.15) is 0 Å². The van der Waals surface area contributed by atoms with Gasteiger partial charge in [-0.3, -0.25) is 9.52 Å². The Balaban J connectivity index is 1.81. The molecule has 2 N–H and O–H groups in total. The summed E-state index contributed by atoms with van der Waals surface area (Å²) in [6.07, 6.45) is 0. The SMILES string of the molecule is COC(=O)COc1ccc(NC(=O)c2ccccc2NS(=O)(=O)c2cc(C)ccc2C)c(C)c1. The van der Waals surface area contributed by atoms with Crippen LogP contribution in [0.1, 0.15) is 27.0 Å². The van der Waals surface area contributed by atoms with Crippen LogP contribution in [0.2, 0.25) is 0 Å². The van der Waals surface area contributed by atoms with Gasteiger partial charge < -0.3 is 14.8 Å². The zero-order valence-corrected chi connectivity index (χ0v) is 20.2. The van der Waals surface area contributed by atoms with Crippen molar-refractivity contribution in [1.82, 2.24) is 0 Å². The van der Waals surface area contributed by atoms with Crippen molar-refractivity contribution in [2.24, 2.45) is 0 Å². The number of hydrogen-bond donors (Lipinski definition) is 2. The summed E-state index contributed by atoms with van der Waals surface area (Å²) in [5.41, 5.74) is 2.96. The van der Waals surface area contributed by atoms with Crippen LogP contribution in [-0.2, 0) is 19.6 Å². The lowest BCUT2D eigenvalue weighted by Gasteiger charge is -2.15. The first-order chi connectivity index (χ1) is 16.1. The minimum atomic E-state index is -3.91. The number of rotatable bonds is 8. The molecule has 9 heteroatoms. The fraction of sp³-hybridized carbons (Fsp3) is 0.200. The van der Waals surface area contributed by atoms with Gasteiger partial charge in [-0.05, 0) is 73.9 Å². The predicted molar refractivity (Wildman–Crippen MR) is 130 cm³/mol. The number of ether oxygens (including phenoxy) is 2. The summed E-state index contributed by atoms with van der Waals surface area (Å²) in [7, 11) is -2.64. The molecule has 0 aliphatic heterocycles. The highest BCUT2D eigenvalue weighted by Crippen LogP contribution is 2.26. The third-order valence-corrected chi connectivity index (χ3v) is 6.59. The molecule has 3 rings (SSSR count). The molecule has 0 aliphatic rings. The average molecular weight is 483 g/mol. The summed E-state index contributed by atoms with van der Waals surface area (Å²) in [5.74, 6) is -0.539. The Kier molecular flexibility index (Phi) is 7.57. The Hall–Kier alpha value is -3.85. The summed E-state index contributed by atoms with van der Waals surface area (Å²) < 4.78 is 38.5. The first-order valence-corrected chi connectivity index (χ1v) is 11.9. The Bertz CT molecular complexity index is 1330. The second-order valence-electron chi connectivity index (χ2n) is 7.72. The van der Waals surface area contributed by atoms with Crippen LogP contribution in [0.5, 0.6) is 5.75 Å². The van der Waals surface area contributed by atoms with Crippen molar-refractivity contribution in [3.63, 3.8) is 0 Å². The quantitative estimate of drug-likeness (QED) is 0.465. The van der Waals surface area contributed by atoms with Gasteiger partial charge in [0.05, 0.1) is 23.3 Å². The first kappa shape index (κ1) is 24.8. The molecule has 0 saturated carbocycles. The zero-order valence-electron chi connectivity index (χ0n) is 19.3. The molecule has 3 aromatic carbocycles. The molecular weight excluding hydrogens is 456 g/mol. The highest BCUT2D eigenvalue weighted by Gasteiger charge is 2.21. The van der Waals surface area contributed by atoms with E-state index < -0.39 is 21.9 Å². The number of esters is 1. The number of sulfonamides is 1. The number of aryl methyl sites for hydroxylation is 3. The van der Waals surface area contributed by atoms with Crippen molar-refractivity contribution in [2.75, 3.05) is 23.8 Å². The molecule has 0 saturated heterocycles. The Morgan fingerprint density at radius 3 is 2.32 bits per heavy atom. The molecule has 0 bridgehead atoms. The van der Waals surface area contributed by atoms with Gasteiger partial charge in [0, 0.05) is 5.69 Å². The molecule has 0 aromatic heterocycles. The Labute approximate surface area is 199 Å². The lowest BCUT2D eigenvalue weighted by Crippen LogP contribution is -2.19. The first-order valence-electron chi connectivity index (χ1n) is 10.4. The second-order valence-corrected chi connectivity index (χ2v) is 9.37. The van der Waals surface area contributed by atoms with Gasteiger partial charge in [0.1, 0.15) is 5.75 Å². The maximum atomic E-state index is 13.0. The van der Waals surface area contributed by atoms with E-state index in [2.05, 4.69) is 14.8 Å². The number of hydrogen-bond acceptors (Lipinski definition) is 6. The molecule has 0 fully saturated rings. The normalized spacial score (nSPS) is 10.9. The maximum Gasteiger partial charge on any atom is 0.343 e. The maximum absolute atomic E-state index is 13.0. The molecule has 34 heavy (non-hydrogen) atoms. The number of methoxy groups -OCH3 is 1. The number of para-hydroxylation sites is 1. The van der Waals surface area contributed by atoms with Crippen molar-refractivity contribution in [2.45, 2.75) is 25.7 Å². The number of nitrogens with one attached hydrogen (secondary N) is 2. The van der Waals surface area contributed by atoms with Gasteiger partial charge in [-0.15, -0.1) is 0 Å². The minimum absolute atomic E-state index is 0.154. The van der Waals surface area contributed by atoms with Gasteiger partial charge in [0.15, 0.2) is 6.61 Å². The predicted octanol–water partition coefficient (Wildman–Crippen LogP) is 4.22. The smallest absolute Gasteiger partial charge is 0.343 e. The highest BCUT2D eigenvalue weighted by atomic mass is 32.2. The molecular formula is C25H26N2O6S. The number of carbonyl (C=O) groups excluding carboxylic acids is 2. The van der Waals surface area contributed by atoms with E-state index in [-0.39, 0.29) is 22.8 Å². The van der Waals surface area contributed by atoms with Crippen molar-refractivity contribution in [3.8, 4) is 5.75 Å². The lowest BCUT2D eigenvalue weighted by atomic mass is 10.1. The summed E-state index contributed by atoms with van der Waals surface area (Å²) in [6, 6.07) is 16.5. The standard InChI is InChI=1S/C25H26N2O6S/c1-16-9-10-17(2)23(13-16)34(30,31)27-22-8-6-5-7-20(22)25(29)26-21-12-11-19(14-18(21)3)33-15-24(28)32-4/h5-14,27H,15H2,1-4H3,(H,26,29). The van der Waals surface area contributed by atoms with Crippen LogP contribution in [0, 0.1) is 20.8 Å². The van der Waals surface area contributed by atoms with E-state index in [0.29, 0.717) is 22.6 Å². The van der Waals surface area contributed by atoms with Gasteiger partial charge in [-0.1, -0.05) is 24.3 Å². The van der Waals surface area contributed by atoms with Gasteiger partial charge in [0.2, 0.25) is 0 Å². The molecule has 1 amide bonds. The van der Waals surface area contributed by atoms with Gasteiger partial charge >= 0.3 is 5.97 Å². The van der Waals surface area contributed by atoms with E-state index in [1.54, 1.807) is 62.4 Å². The highest BCUT2D eigenvalue weighted by molar-refractivity contribution is 7.92. The van der Waals surface area contributed by atoms with E-state index in [1.807, 2.05) is 13.0 Å². The van der Waals surface area contributed by atoms with Crippen molar-refractivity contribution >= 4 is 33.3 Å². The van der Waals surface area contributed by atoms with E-state index >= 15 is 0 Å². The Morgan fingerprint density at radius 1 is 0.882 bits per heavy atom. The fourth-order valence-corrected chi connectivity index (χ4v) is 4.63. The monoisotopic (exact) mass is 482 g/mol. The molecule has 8 nitrogen and oxygen atoms in total. The third-order valence-electron chi connectivity index (χ3n) is 5.08. The number of carbonyl (C=O) groups is 2. The van der Waals surface area contributed by atoms with Gasteiger partial charge in [0.25, 0.3) is 15.9 Å². The summed E-state index contributed by atoms with van der Waals surface area (Å²) in [5, 5.41) is 2.80. The largest absolute Gasteiger partial charge is 0.482 e. The van der Waals surface area contributed by atoms with Crippen LogP contribution < -0.4 is 14.8 Å². The van der Waals surface area contributed by atoms with Gasteiger partial charge in [-0.25, -0.2) is 13.2 Å². The van der Waals surface area contributed by atoms with Crippen molar-refractivity contribution in [1.29, 1.82) is 0 Å². The zero-order chi connectivity index (χ0) is 24.9. The minimum Gasteiger partial charge on any atom is -0.482 e. The second kappa shape index (κ2) is 10.4. The molecule has 178 valence electrons. The van der Waals surface area contributed by atoms with E-state index in [4.69, 9.17) is 4.74 Å². The lowest BCUT2D eigenvalue weighted by molar-refractivity contribution is -0.142. The van der Waals surface area contributed by atoms with Crippen LogP contribution in [0.4, 0.5) is 11.4 Å². The van der Waals surface area contributed by atoms with Crippen LogP contribution in [-0.4, -0.2) is 34.0 Å². The molecule has 0 heterocycles. The fourth-order valence-electron chi connectivity index (χ4n) is 3.22. The molecule has 0 radical (unpaired) electrons. The Morgan fingerprint density at radius 2 is 1.62 bits per heavy atom. The molecule has 0 unspecified atom stereocenters. The number of amides is 1. The topological polar surface area (TPSA) is 111 Å². The summed E-state index contributed by atoms with van der Waals surface area (Å²) in [4.78, 5) is 24.4. The molecule has 3 aromatic rings. The average Bonchev–Trinajstić information content (AvgIpc) is 2.80. The van der Waals surface area contributed by atoms with E-state index in [1.165, 1.54) is 13.2 Å². The van der Waals surface area contributed by atoms with E-state index in [0.717, 1.165) is 5.56 Å². The number of anilines is 2. The molecule has 0 spiro atoms. The van der Waals surface area contributed by atoms with Crippen LogP contribution in [0.25, 0.3) is 0 Å².